The third-order valence-corrected chi connectivity index (χ3v) is 7.70. The van der Waals surface area contributed by atoms with Crippen LogP contribution in [0.3, 0.4) is 0 Å². The number of aromatic nitrogens is 5. The molecule has 0 saturated carbocycles. The van der Waals surface area contributed by atoms with Crippen molar-refractivity contribution in [2.24, 2.45) is 7.05 Å². The molecule has 0 radical (unpaired) electrons. The lowest BCUT2D eigenvalue weighted by molar-refractivity contribution is -0.274. The van der Waals surface area contributed by atoms with Gasteiger partial charge in [0.25, 0.3) is 5.91 Å². The Morgan fingerprint density at radius 1 is 0.891 bits per heavy atom. The van der Waals surface area contributed by atoms with E-state index in [1.807, 2.05) is 0 Å². The number of benzene rings is 3. The quantitative estimate of drug-likeness (QED) is 0.215. The second-order valence-electron chi connectivity index (χ2n) is 9.97. The highest BCUT2D eigenvalue weighted by Gasteiger charge is 2.31. The Morgan fingerprint density at radius 3 is 2.22 bits per heavy atom. The van der Waals surface area contributed by atoms with Crippen molar-refractivity contribution in [1.82, 2.24) is 30.1 Å². The Bertz CT molecular complexity index is 2020. The van der Waals surface area contributed by atoms with Gasteiger partial charge in [-0.1, -0.05) is 29.5 Å². The number of hydrogen-bond donors (Lipinski definition) is 1. The van der Waals surface area contributed by atoms with Crippen LogP contribution in [0.4, 0.5) is 26.3 Å². The minimum Gasteiger partial charge on any atom is -0.406 e. The molecule has 10 nitrogen and oxygen atoms in total. The molecule has 0 aliphatic heterocycles. The number of alkyl halides is 6. The first-order chi connectivity index (χ1) is 21.5. The van der Waals surface area contributed by atoms with Crippen molar-refractivity contribution in [1.29, 1.82) is 0 Å². The van der Waals surface area contributed by atoms with E-state index < -0.39 is 40.6 Å². The molecular weight excluding hydrogens is 642 g/mol. The van der Waals surface area contributed by atoms with E-state index in [4.69, 9.17) is 0 Å². The average molecular weight is 665 g/mol. The molecule has 5 rings (SSSR count). The molecule has 2 aromatic heterocycles. The third-order valence-electron chi connectivity index (χ3n) is 6.59. The van der Waals surface area contributed by atoms with Gasteiger partial charge in [-0.2, -0.15) is 18.3 Å². The van der Waals surface area contributed by atoms with Crippen LogP contribution in [-0.2, 0) is 16.9 Å². The van der Waals surface area contributed by atoms with Crippen molar-refractivity contribution >= 4 is 15.7 Å². The maximum atomic E-state index is 12.7. The molecule has 46 heavy (non-hydrogen) atoms. The van der Waals surface area contributed by atoms with Crippen LogP contribution in [0.5, 0.6) is 5.75 Å². The zero-order chi connectivity index (χ0) is 33.4. The van der Waals surface area contributed by atoms with Crippen molar-refractivity contribution in [3.63, 3.8) is 0 Å². The molecule has 1 N–H and O–H groups in total. The van der Waals surface area contributed by atoms with E-state index in [0.717, 1.165) is 18.4 Å². The number of nitrogens with one attached hydrogen (secondary N) is 1. The Labute approximate surface area is 257 Å². The molecule has 0 atom stereocenters. The smallest absolute Gasteiger partial charge is 0.406 e. The fourth-order valence-electron chi connectivity index (χ4n) is 4.55. The van der Waals surface area contributed by atoms with Crippen LogP contribution in [0.15, 0.2) is 83.9 Å². The molecule has 0 aliphatic rings. The second kappa shape index (κ2) is 12.0. The Balaban J connectivity index is 1.64. The monoisotopic (exact) mass is 664 g/mol. The van der Waals surface area contributed by atoms with Gasteiger partial charge < -0.3 is 10.1 Å². The summed E-state index contributed by atoms with van der Waals surface area (Å²) in [6, 6.07) is 17.3. The Kier molecular flexibility index (Phi) is 8.37. The maximum absolute atomic E-state index is 12.7. The van der Waals surface area contributed by atoms with E-state index in [1.165, 1.54) is 52.9 Å². The van der Waals surface area contributed by atoms with Gasteiger partial charge >= 0.3 is 12.5 Å². The minimum atomic E-state index is -4.89. The highest BCUT2D eigenvalue weighted by molar-refractivity contribution is 7.90. The summed E-state index contributed by atoms with van der Waals surface area (Å²) in [5.74, 6) is -1.51. The molecule has 0 fully saturated rings. The van der Waals surface area contributed by atoms with Crippen LogP contribution in [-0.4, -0.2) is 64.4 Å². The largest absolute Gasteiger partial charge is 0.573 e. The van der Waals surface area contributed by atoms with E-state index in [-0.39, 0.29) is 10.6 Å². The molecule has 3 aromatic carbocycles. The highest BCUT2D eigenvalue weighted by atomic mass is 32.2. The van der Waals surface area contributed by atoms with Crippen LogP contribution in [0.1, 0.15) is 10.5 Å². The van der Waals surface area contributed by atoms with Crippen LogP contribution >= 0.6 is 0 Å². The Morgan fingerprint density at radius 2 is 1.57 bits per heavy atom. The van der Waals surface area contributed by atoms with Gasteiger partial charge in [-0.3, -0.25) is 9.48 Å². The van der Waals surface area contributed by atoms with Gasteiger partial charge in [0.15, 0.2) is 15.5 Å². The number of nitrogens with zero attached hydrogens (tertiary/aromatic N) is 5. The number of rotatable bonds is 8. The standard InChI is InChI=1S/C29H22F6N6O4S/c1-40-24(14-23(38-40)27(42)36-16-28(30,31)32)22-11-8-19(18-4-3-5-21(12-18)46(2,43)44)13-25(22)41-26(15-37-39-41)17-6-9-20(10-7-17)45-29(33,34)35/h3-15H,16H2,1-2H3,(H,36,42). The number of sulfone groups is 1. The van der Waals surface area contributed by atoms with E-state index in [2.05, 4.69) is 20.1 Å². The molecule has 240 valence electrons. The molecular formula is C29H22F6N6O4S. The van der Waals surface area contributed by atoms with Gasteiger partial charge in [-0.15, -0.1) is 18.3 Å². The van der Waals surface area contributed by atoms with Crippen molar-refractivity contribution < 1.29 is 44.3 Å². The van der Waals surface area contributed by atoms with Gasteiger partial charge in [-0.25, -0.2) is 13.1 Å². The van der Waals surface area contributed by atoms with Crippen LogP contribution in [0.2, 0.25) is 0 Å². The van der Waals surface area contributed by atoms with Crippen molar-refractivity contribution in [3.8, 4) is 45.1 Å². The summed E-state index contributed by atoms with van der Waals surface area (Å²) in [7, 11) is -2.07. The molecule has 2 heterocycles. The predicted molar refractivity (Wildman–Crippen MR) is 153 cm³/mol. The lowest BCUT2D eigenvalue weighted by Gasteiger charge is -2.15. The molecule has 1 amide bonds. The SMILES string of the molecule is Cn1nc(C(=O)NCC(F)(F)F)cc1-c1ccc(-c2cccc(S(C)(=O)=O)c2)cc1-n1nncc1-c1ccc(OC(F)(F)F)cc1. The summed E-state index contributed by atoms with van der Waals surface area (Å²) in [4.78, 5) is 12.5. The number of amides is 1. The topological polar surface area (TPSA) is 121 Å². The summed E-state index contributed by atoms with van der Waals surface area (Å²) in [5.41, 5.74) is 2.47. The number of carbonyl (C=O) groups is 1. The lowest BCUT2D eigenvalue weighted by atomic mass is 10.00. The number of aryl methyl sites for hydroxylation is 1. The van der Waals surface area contributed by atoms with Gasteiger partial charge in [0, 0.05) is 24.4 Å². The first-order valence-electron chi connectivity index (χ1n) is 13.1. The van der Waals surface area contributed by atoms with E-state index >= 15 is 0 Å². The molecule has 0 spiro atoms. The first-order valence-corrected chi connectivity index (χ1v) is 15.0. The van der Waals surface area contributed by atoms with E-state index in [1.54, 1.807) is 35.6 Å². The molecule has 5 aromatic rings. The first kappa shape index (κ1) is 32.2. The molecule has 0 aliphatic carbocycles. The summed E-state index contributed by atoms with van der Waals surface area (Å²) in [6.07, 6.45) is -7.09. The fraction of sp³-hybridized carbons (Fsp3) is 0.172. The van der Waals surface area contributed by atoms with Gasteiger partial charge in [0.1, 0.15) is 12.3 Å². The molecule has 0 unspecified atom stereocenters. The van der Waals surface area contributed by atoms with Crippen LogP contribution < -0.4 is 10.1 Å². The lowest BCUT2D eigenvalue weighted by Crippen LogP contribution is -2.33. The van der Waals surface area contributed by atoms with E-state index in [9.17, 15) is 39.6 Å². The fourth-order valence-corrected chi connectivity index (χ4v) is 5.21. The van der Waals surface area contributed by atoms with Gasteiger partial charge in [0.05, 0.1) is 28.2 Å². The minimum absolute atomic E-state index is 0.0689. The predicted octanol–water partition coefficient (Wildman–Crippen LogP) is 5.60. The number of hydrogen-bond acceptors (Lipinski definition) is 7. The van der Waals surface area contributed by atoms with Crippen molar-refractivity contribution in [2.45, 2.75) is 17.4 Å². The molecule has 0 bridgehead atoms. The normalized spacial score (nSPS) is 12.3. The van der Waals surface area contributed by atoms with Crippen molar-refractivity contribution in [2.75, 3.05) is 12.8 Å². The number of ether oxygens (including phenoxy) is 1. The summed E-state index contributed by atoms with van der Waals surface area (Å²) < 4.78 is 107. The highest BCUT2D eigenvalue weighted by Crippen LogP contribution is 2.35. The number of carbonyl (C=O) groups excluding carboxylic acids is 1. The maximum Gasteiger partial charge on any atom is 0.573 e. The summed E-state index contributed by atoms with van der Waals surface area (Å²) in [6.45, 7) is -1.56. The summed E-state index contributed by atoms with van der Waals surface area (Å²) in [5, 5.41) is 14.0. The van der Waals surface area contributed by atoms with E-state index in [0.29, 0.717) is 39.3 Å². The zero-order valence-electron chi connectivity index (χ0n) is 23.8. The average Bonchev–Trinajstić information content (AvgIpc) is 3.61. The van der Waals surface area contributed by atoms with Crippen LogP contribution in [0, 0.1) is 0 Å². The van der Waals surface area contributed by atoms with Crippen LogP contribution in [0.25, 0.3) is 39.3 Å². The molecule has 0 saturated heterocycles. The second-order valence-corrected chi connectivity index (χ2v) is 12.0. The van der Waals surface area contributed by atoms with Gasteiger partial charge in [0.2, 0.25) is 0 Å². The molecule has 17 heteroatoms. The van der Waals surface area contributed by atoms with Gasteiger partial charge in [-0.05, 0) is 59.7 Å². The zero-order valence-corrected chi connectivity index (χ0v) is 24.6. The summed E-state index contributed by atoms with van der Waals surface area (Å²) >= 11 is 0. The Hall–Kier alpha value is -5.19. The number of halogens is 6. The van der Waals surface area contributed by atoms with Crippen molar-refractivity contribution in [3.05, 3.63) is 84.7 Å². The third kappa shape index (κ3) is 7.36.